The van der Waals surface area contributed by atoms with Crippen LogP contribution in [0.4, 0.5) is 5.69 Å². The Morgan fingerprint density at radius 2 is 1.65 bits per heavy atom. The molecule has 1 N–H and O–H groups in total. The van der Waals surface area contributed by atoms with Crippen LogP contribution in [0, 0.1) is 5.92 Å². The lowest BCUT2D eigenvalue weighted by Gasteiger charge is -2.35. The third-order valence-corrected chi connectivity index (χ3v) is 6.98. The van der Waals surface area contributed by atoms with Crippen molar-refractivity contribution in [2.45, 2.75) is 24.4 Å². The Balaban J connectivity index is 1.65. The van der Waals surface area contributed by atoms with Gasteiger partial charge in [-0.15, -0.1) is 0 Å². The number of hydrogen-bond acceptors (Lipinski definition) is 4. The molecule has 0 saturated carbocycles. The van der Waals surface area contributed by atoms with Crippen molar-refractivity contribution in [2.24, 2.45) is 5.92 Å². The number of rotatable bonds is 2. The minimum absolute atomic E-state index is 0.00543. The van der Waals surface area contributed by atoms with E-state index < -0.39 is 11.5 Å². The lowest BCUT2D eigenvalue weighted by Crippen LogP contribution is -2.51. The number of nitrogens with one attached hydrogen (secondary N) is 1. The van der Waals surface area contributed by atoms with Crippen LogP contribution >= 0.6 is 0 Å². The highest BCUT2D eigenvalue weighted by atomic mass is 16.5. The Labute approximate surface area is 180 Å². The van der Waals surface area contributed by atoms with Crippen molar-refractivity contribution in [3.8, 4) is 5.75 Å². The number of likely N-dealkylation sites (N-methyl/N-ethyl adjacent to an activating group) is 1. The fourth-order valence-electron chi connectivity index (χ4n) is 5.78. The summed E-state index contributed by atoms with van der Waals surface area (Å²) in [5.74, 6) is -0.619. The fourth-order valence-corrected chi connectivity index (χ4v) is 5.78. The van der Waals surface area contributed by atoms with E-state index >= 15 is 0 Å². The van der Waals surface area contributed by atoms with Gasteiger partial charge in [-0.25, -0.2) is 0 Å². The van der Waals surface area contributed by atoms with Crippen LogP contribution in [0.3, 0.4) is 0 Å². The summed E-state index contributed by atoms with van der Waals surface area (Å²) in [5, 5.41) is 3.67. The van der Waals surface area contributed by atoms with Crippen molar-refractivity contribution < 1.29 is 14.3 Å². The van der Waals surface area contributed by atoms with E-state index in [1.807, 2.05) is 90.7 Å². The lowest BCUT2D eigenvalue weighted by atomic mass is 9.70. The lowest BCUT2D eigenvalue weighted by molar-refractivity contribution is -0.141. The van der Waals surface area contributed by atoms with Crippen LogP contribution in [-0.2, 0) is 15.1 Å². The summed E-state index contributed by atoms with van der Waals surface area (Å²) in [6.45, 7) is 2.55. The van der Waals surface area contributed by atoms with Gasteiger partial charge in [-0.2, -0.15) is 0 Å². The summed E-state index contributed by atoms with van der Waals surface area (Å²) >= 11 is 0. The third-order valence-electron chi connectivity index (χ3n) is 6.98. The van der Waals surface area contributed by atoms with Gasteiger partial charge >= 0.3 is 5.97 Å². The smallest absolute Gasteiger partial charge is 0.317 e. The number of nitrogens with zero attached hydrogens (tertiary/aromatic N) is 1. The molecule has 1 saturated heterocycles. The second-order valence-corrected chi connectivity index (χ2v) is 8.37. The van der Waals surface area contributed by atoms with Crippen molar-refractivity contribution >= 4 is 17.6 Å². The Bertz CT molecular complexity index is 1210. The number of fused-ring (bicyclic) bond motifs is 6. The number of anilines is 1. The molecule has 5 heteroatoms. The highest BCUT2D eigenvalue weighted by Gasteiger charge is 2.67. The van der Waals surface area contributed by atoms with Gasteiger partial charge < -0.3 is 9.64 Å². The van der Waals surface area contributed by atoms with E-state index in [1.165, 1.54) is 0 Å². The van der Waals surface area contributed by atoms with Crippen molar-refractivity contribution in [1.29, 1.82) is 0 Å². The quantitative estimate of drug-likeness (QED) is 0.514. The summed E-state index contributed by atoms with van der Waals surface area (Å²) in [6.07, 6.45) is 0. The average molecular weight is 410 g/mol. The zero-order chi connectivity index (χ0) is 21.2. The molecule has 6 rings (SSSR count). The van der Waals surface area contributed by atoms with Gasteiger partial charge in [0.15, 0.2) is 0 Å². The van der Waals surface area contributed by atoms with Crippen molar-refractivity contribution in [3.63, 3.8) is 0 Å². The van der Waals surface area contributed by atoms with Crippen molar-refractivity contribution in [2.75, 3.05) is 11.4 Å². The fraction of sp³-hybridized carbons (Fsp3) is 0.231. The van der Waals surface area contributed by atoms with E-state index in [2.05, 4.69) is 5.32 Å². The molecule has 154 valence electrons. The van der Waals surface area contributed by atoms with Crippen LogP contribution in [-0.4, -0.2) is 18.4 Å². The van der Waals surface area contributed by atoms with Gasteiger partial charge in [-0.1, -0.05) is 66.7 Å². The standard InChI is InChI=1S/C26H22N2O3/c1-2-28-19-14-8-7-13-18(19)26(25(28)30)22-17-12-6-9-15-20(17)31-24(29)21(22)23(27-26)16-10-4-3-5-11-16/h3-15,21-23,27H,2H2,1H3/t21-,22+,23+,26-/m0/s1. The maximum atomic E-state index is 14.1. The minimum atomic E-state index is -1.02. The molecule has 5 nitrogen and oxygen atoms in total. The van der Waals surface area contributed by atoms with E-state index in [0.29, 0.717) is 12.3 Å². The molecule has 0 bridgehead atoms. The highest BCUT2D eigenvalue weighted by molar-refractivity contribution is 6.10. The summed E-state index contributed by atoms with van der Waals surface area (Å²) in [4.78, 5) is 29.3. The first-order chi connectivity index (χ1) is 15.2. The molecule has 0 aliphatic carbocycles. The summed E-state index contributed by atoms with van der Waals surface area (Å²) < 4.78 is 5.77. The number of carbonyl (C=O) groups excluding carboxylic acids is 2. The summed E-state index contributed by atoms with van der Waals surface area (Å²) in [5.41, 5.74) is 2.70. The minimum Gasteiger partial charge on any atom is -0.426 e. The summed E-state index contributed by atoms with van der Waals surface area (Å²) in [6, 6.07) is 25.1. The Morgan fingerprint density at radius 3 is 2.45 bits per heavy atom. The molecular weight excluding hydrogens is 388 g/mol. The number of hydrogen-bond donors (Lipinski definition) is 1. The normalized spacial score (nSPS) is 28.3. The Kier molecular flexibility index (Phi) is 3.86. The molecule has 0 unspecified atom stereocenters. The molecule has 3 heterocycles. The second-order valence-electron chi connectivity index (χ2n) is 8.37. The maximum absolute atomic E-state index is 14.1. The largest absolute Gasteiger partial charge is 0.426 e. The SMILES string of the molecule is CCN1C(=O)[C@]2(N[C@H](c3ccccc3)[C@H]3C(=O)Oc4ccccc4[C@H]32)c2ccccc21. The molecule has 3 aromatic carbocycles. The van der Waals surface area contributed by atoms with Gasteiger partial charge in [0.25, 0.3) is 5.91 Å². The number of carbonyl (C=O) groups is 2. The predicted molar refractivity (Wildman–Crippen MR) is 117 cm³/mol. The van der Waals surface area contributed by atoms with E-state index in [-0.39, 0.29) is 23.8 Å². The van der Waals surface area contributed by atoms with Crippen molar-refractivity contribution in [1.82, 2.24) is 5.32 Å². The van der Waals surface area contributed by atoms with Crippen LogP contribution < -0.4 is 15.0 Å². The molecule has 3 aliphatic heterocycles. The molecule has 0 aromatic heterocycles. The molecule has 4 atom stereocenters. The highest BCUT2D eigenvalue weighted by Crippen LogP contribution is 2.61. The number of para-hydroxylation sites is 2. The maximum Gasteiger partial charge on any atom is 0.317 e. The first-order valence-corrected chi connectivity index (χ1v) is 10.7. The molecule has 3 aromatic rings. The molecule has 1 amide bonds. The first-order valence-electron chi connectivity index (χ1n) is 10.7. The average Bonchev–Trinajstić information content (AvgIpc) is 3.29. The summed E-state index contributed by atoms with van der Waals surface area (Å²) in [7, 11) is 0. The van der Waals surface area contributed by atoms with Gasteiger partial charge in [0, 0.05) is 35.3 Å². The molecule has 1 fully saturated rings. The Hall–Kier alpha value is -3.44. The van der Waals surface area contributed by atoms with Gasteiger partial charge in [0.05, 0.1) is 5.92 Å². The van der Waals surface area contributed by atoms with Crippen LogP contribution in [0.1, 0.15) is 35.6 Å². The van der Waals surface area contributed by atoms with Gasteiger partial charge in [-0.3, -0.25) is 14.9 Å². The first kappa shape index (κ1) is 18.3. The number of ether oxygens (including phenoxy) is 1. The van der Waals surface area contributed by atoms with Gasteiger partial charge in [0.1, 0.15) is 11.3 Å². The zero-order valence-electron chi connectivity index (χ0n) is 17.1. The molecule has 3 aliphatic rings. The topological polar surface area (TPSA) is 58.6 Å². The molecule has 31 heavy (non-hydrogen) atoms. The number of benzene rings is 3. The van der Waals surface area contributed by atoms with E-state index in [9.17, 15) is 9.59 Å². The van der Waals surface area contributed by atoms with Crippen LogP contribution in [0.5, 0.6) is 5.75 Å². The zero-order valence-corrected chi connectivity index (χ0v) is 17.1. The van der Waals surface area contributed by atoms with E-state index in [0.717, 1.165) is 22.4 Å². The van der Waals surface area contributed by atoms with Crippen LogP contribution in [0.25, 0.3) is 0 Å². The number of amides is 1. The van der Waals surface area contributed by atoms with Crippen LogP contribution in [0.2, 0.25) is 0 Å². The molecular formula is C26H22N2O3. The van der Waals surface area contributed by atoms with Gasteiger partial charge in [0.2, 0.25) is 0 Å². The van der Waals surface area contributed by atoms with E-state index in [4.69, 9.17) is 4.74 Å². The van der Waals surface area contributed by atoms with E-state index in [1.54, 1.807) is 0 Å². The monoisotopic (exact) mass is 410 g/mol. The van der Waals surface area contributed by atoms with Crippen LogP contribution in [0.15, 0.2) is 78.9 Å². The Morgan fingerprint density at radius 1 is 0.935 bits per heavy atom. The molecule has 1 spiro atoms. The van der Waals surface area contributed by atoms with Crippen molar-refractivity contribution in [3.05, 3.63) is 95.6 Å². The molecule has 0 radical (unpaired) electrons. The van der Waals surface area contributed by atoms with Gasteiger partial charge in [-0.05, 0) is 24.6 Å². The second kappa shape index (κ2) is 6.53. The predicted octanol–water partition coefficient (Wildman–Crippen LogP) is 3.91. The third kappa shape index (κ3) is 2.29. The number of esters is 1.